The van der Waals surface area contributed by atoms with Gasteiger partial charge in [0.15, 0.2) is 0 Å². The minimum atomic E-state index is -4.61. The Morgan fingerprint density at radius 2 is 1.75 bits per heavy atom. The van der Waals surface area contributed by atoms with Gasteiger partial charge in [0.2, 0.25) is 0 Å². The van der Waals surface area contributed by atoms with Crippen LogP contribution in [0.5, 0.6) is 5.75 Å². The first kappa shape index (κ1) is 18.4. The number of hydrogen-bond donors (Lipinski definition) is 1. The Bertz CT molecular complexity index is 821. The zero-order valence-electron chi connectivity index (χ0n) is 12.4. The summed E-state index contributed by atoms with van der Waals surface area (Å²) in [5.41, 5.74) is -1.35. The molecule has 0 fully saturated rings. The first-order chi connectivity index (χ1) is 11.1. The number of sulfonamides is 1. The Balaban J connectivity index is 2.32. The third kappa shape index (κ3) is 4.33. The molecule has 0 atom stereocenters. The van der Waals surface area contributed by atoms with Crippen molar-refractivity contribution in [2.75, 3.05) is 11.3 Å². The number of nitrogens with one attached hydrogen (secondary N) is 1. The third-order valence-corrected chi connectivity index (χ3v) is 4.69. The number of rotatable bonds is 5. The lowest BCUT2D eigenvalue weighted by molar-refractivity contribution is -0.137. The zero-order chi connectivity index (χ0) is 18.0. The maximum Gasteiger partial charge on any atom is 0.416 e. The number of ether oxygens (including phenoxy) is 1. The highest BCUT2D eigenvalue weighted by molar-refractivity contribution is 7.92. The van der Waals surface area contributed by atoms with Gasteiger partial charge in [-0.15, -0.1) is 0 Å². The first-order valence-corrected chi connectivity index (χ1v) is 8.62. The van der Waals surface area contributed by atoms with Crippen LogP contribution >= 0.6 is 11.6 Å². The van der Waals surface area contributed by atoms with E-state index in [1.807, 2.05) is 0 Å². The molecule has 0 bridgehead atoms. The van der Waals surface area contributed by atoms with E-state index in [0.717, 1.165) is 12.1 Å². The van der Waals surface area contributed by atoms with Crippen LogP contribution in [0.2, 0.25) is 5.02 Å². The van der Waals surface area contributed by atoms with Crippen molar-refractivity contribution in [2.24, 2.45) is 0 Å². The van der Waals surface area contributed by atoms with Crippen LogP contribution in [0, 0.1) is 0 Å². The average molecular weight is 380 g/mol. The number of benzene rings is 2. The number of anilines is 1. The lowest BCUT2D eigenvalue weighted by atomic mass is 10.2. The molecule has 2 aromatic carbocycles. The Morgan fingerprint density at radius 1 is 1.12 bits per heavy atom. The van der Waals surface area contributed by atoms with E-state index >= 15 is 0 Å². The highest BCUT2D eigenvalue weighted by atomic mass is 35.5. The molecule has 0 aliphatic heterocycles. The molecule has 0 heterocycles. The summed E-state index contributed by atoms with van der Waals surface area (Å²) in [6.07, 6.45) is -4.61. The standard InChI is InChI=1S/C15H13ClF3NO3S/c1-2-23-11-4-6-12(7-5-11)24(21,22)20-14-9-10(15(17,18)19)3-8-13(14)16/h3-9,20H,2H2,1H3. The van der Waals surface area contributed by atoms with Crippen LogP contribution in [-0.4, -0.2) is 15.0 Å². The summed E-state index contributed by atoms with van der Waals surface area (Å²) >= 11 is 5.79. The van der Waals surface area contributed by atoms with E-state index in [-0.39, 0.29) is 15.6 Å². The molecular weight excluding hydrogens is 367 g/mol. The molecule has 2 rings (SSSR count). The first-order valence-electron chi connectivity index (χ1n) is 6.76. The summed E-state index contributed by atoms with van der Waals surface area (Å²) in [5, 5.41) is -0.141. The molecule has 0 radical (unpaired) electrons. The molecule has 0 aliphatic carbocycles. The second kappa shape index (κ2) is 6.90. The largest absolute Gasteiger partial charge is 0.494 e. The molecule has 4 nitrogen and oxygen atoms in total. The Morgan fingerprint density at radius 3 is 2.29 bits per heavy atom. The monoisotopic (exact) mass is 379 g/mol. The molecule has 24 heavy (non-hydrogen) atoms. The van der Waals surface area contributed by atoms with Crippen molar-refractivity contribution < 1.29 is 26.3 Å². The molecule has 0 aromatic heterocycles. The van der Waals surface area contributed by atoms with Crippen molar-refractivity contribution in [1.29, 1.82) is 0 Å². The van der Waals surface area contributed by atoms with Gasteiger partial charge < -0.3 is 4.74 Å². The van der Waals surface area contributed by atoms with Gasteiger partial charge in [-0.2, -0.15) is 13.2 Å². The lowest BCUT2D eigenvalue weighted by Gasteiger charge is -2.13. The van der Waals surface area contributed by atoms with Crippen molar-refractivity contribution >= 4 is 27.3 Å². The van der Waals surface area contributed by atoms with Crippen LogP contribution in [0.15, 0.2) is 47.4 Å². The highest BCUT2D eigenvalue weighted by Crippen LogP contribution is 2.34. The molecule has 0 unspecified atom stereocenters. The van der Waals surface area contributed by atoms with E-state index in [0.29, 0.717) is 18.4 Å². The summed E-state index contributed by atoms with van der Waals surface area (Å²) in [6.45, 7) is 2.20. The number of alkyl halides is 3. The minimum absolute atomic E-state index is 0.126. The van der Waals surface area contributed by atoms with Crippen molar-refractivity contribution in [3.8, 4) is 5.75 Å². The van der Waals surface area contributed by atoms with Crippen molar-refractivity contribution in [3.63, 3.8) is 0 Å². The van der Waals surface area contributed by atoms with Crippen LogP contribution < -0.4 is 9.46 Å². The van der Waals surface area contributed by atoms with Gasteiger partial charge in [-0.25, -0.2) is 8.42 Å². The maximum absolute atomic E-state index is 12.7. The molecule has 130 valence electrons. The summed E-state index contributed by atoms with van der Waals surface area (Å²) < 4.78 is 70.1. The van der Waals surface area contributed by atoms with E-state index in [1.54, 1.807) is 6.92 Å². The second-order valence-electron chi connectivity index (χ2n) is 4.70. The van der Waals surface area contributed by atoms with E-state index in [4.69, 9.17) is 16.3 Å². The molecule has 0 aliphatic rings. The van der Waals surface area contributed by atoms with Crippen LogP contribution in [0.1, 0.15) is 12.5 Å². The Hall–Kier alpha value is -1.93. The fraction of sp³-hybridized carbons (Fsp3) is 0.200. The molecule has 0 amide bonds. The minimum Gasteiger partial charge on any atom is -0.494 e. The summed E-state index contributed by atoms with van der Waals surface area (Å²) in [6, 6.07) is 7.88. The number of hydrogen-bond acceptors (Lipinski definition) is 3. The molecule has 0 saturated heterocycles. The molecule has 0 spiro atoms. The van der Waals surface area contributed by atoms with Crippen molar-refractivity contribution in [3.05, 3.63) is 53.1 Å². The van der Waals surface area contributed by atoms with Crippen molar-refractivity contribution in [2.45, 2.75) is 18.0 Å². The third-order valence-electron chi connectivity index (χ3n) is 2.98. The van der Waals surface area contributed by atoms with Gasteiger partial charge in [-0.1, -0.05) is 11.6 Å². The molecule has 2 aromatic rings. The summed E-state index contributed by atoms with van der Waals surface area (Å²) in [4.78, 5) is -0.126. The smallest absolute Gasteiger partial charge is 0.416 e. The average Bonchev–Trinajstić information content (AvgIpc) is 2.49. The van der Waals surface area contributed by atoms with Crippen molar-refractivity contribution in [1.82, 2.24) is 0 Å². The second-order valence-corrected chi connectivity index (χ2v) is 6.79. The van der Waals surface area contributed by atoms with Crippen LogP contribution in [0.4, 0.5) is 18.9 Å². The molecule has 1 N–H and O–H groups in total. The molecule has 9 heteroatoms. The van der Waals surface area contributed by atoms with Gasteiger partial charge in [-0.05, 0) is 49.4 Å². The SMILES string of the molecule is CCOc1ccc(S(=O)(=O)Nc2cc(C(F)(F)F)ccc2Cl)cc1. The van der Waals surface area contributed by atoms with Gasteiger partial charge in [0.1, 0.15) is 5.75 Å². The topological polar surface area (TPSA) is 55.4 Å². The van der Waals surface area contributed by atoms with Crippen LogP contribution in [-0.2, 0) is 16.2 Å². The quantitative estimate of drug-likeness (QED) is 0.828. The van der Waals surface area contributed by atoms with Gasteiger partial charge in [-0.3, -0.25) is 4.72 Å². The maximum atomic E-state index is 12.7. The molecule has 0 saturated carbocycles. The molecular formula is C15H13ClF3NO3S. The number of halogens is 4. The van der Waals surface area contributed by atoms with Gasteiger partial charge in [0.05, 0.1) is 27.8 Å². The summed E-state index contributed by atoms with van der Waals surface area (Å²) in [5.74, 6) is 0.480. The van der Waals surface area contributed by atoms with Gasteiger partial charge in [0, 0.05) is 0 Å². The van der Waals surface area contributed by atoms with Crippen LogP contribution in [0.25, 0.3) is 0 Å². The fourth-order valence-corrected chi connectivity index (χ4v) is 3.16. The van der Waals surface area contributed by atoms with E-state index < -0.39 is 21.8 Å². The fourth-order valence-electron chi connectivity index (χ4n) is 1.87. The predicted molar refractivity (Wildman–Crippen MR) is 84.9 cm³/mol. The normalized spacial score (nSPS) is 12.0. The van der Waals surface area contributed by atoms with Crippen LogP contribution in [0.3, 0.4) is 0 Å². The Labute approximate surface area is 142 Å². The summed E-state index contributed by atoms with van der Waals surface area (Å²) in [7, 11) is -4.09. The van der Waals surface area contributed by atoms with E-state index in [9.17, 15) is 21.6 Å². The highest BCUT2D eigenvalue weighted by Gasteiger charge is 2.31. The predicted octanol–water partition coefficient (Wildman–Crippen LogP) is 4.56. The zero-order valence-corrected chi connectivity index (χ0v) is 14.0. The van der Waals surface area contributed by atoms with E-state index in [2.05, 4.69) is 4.72 Å². The van der Waals surface area contributed by atoms with E-state index in [1.165, 1.54) is 24.3 Å². The Kier molecular flexibility index (Phi) is 5.29. The van der Waals surface area contributed by atoms with Gasteiger partial charge >= 0.3 is 6.18 Å². The van der Waals surface area contributed by atoms with Gasteiger partial charge in [0.25, 0.3) is 10.0 Å². The lowest BCUT2D eigenvalue weighted by Crippen LogP contribution is -2.14.